The van der Waals surface area contributed by atoms with E-state index >= 15 is 0 Å². The van der Waals surface area contributed by atoms with Crippen LogP contribution in [0.25, 0.3) is 0 Å². The third-order valence-electron chi connectivity index (χ3n) is 4.08. The predicted octanol–water partition coefficient (Wildman–Crippen LogP) is 5.46. The molecule has 2 rings (SSSR count). The van der Waals surface area contributed by atoms with E-state index in [4.69, 9.17) is 0 Å². The van der Waals surface area contributed by atoms with E-state index in [1.54, 1.807) is 11.3 Å². The minimum Gasteiger partial charge on any atom is -0.387 e. The molecule has 0 amide bonds. The molecule has 0 spiro atoms. The van der Waals surface area contributed by atoms with Gasteiger partial charge >= 0.3 is 0 Å². The first-order valence-electron chi connectivity index (χ1n) is 6.88. The topological polar surface area (TPSA) is 20.2 Å². The maximum absolute atomic E-state index is 10.9. The molecule has 18 heavy (non-hydrogen) atoms. The number of aliphatic hydroxyl groups excluding tert-OH is 1. The van der Waals surface area contributed by atoms with Crippen molar-refractivity contribution < 1.29 is 5.11 Å². The van der Waals surface area contributed by atoms with E-state index in [-0.39, 0.29) is 11.5 Å². The van der Waals surface area contributed by atoms with E-state index < -0.39 is 0 Å². The Kier molecular flexibility index (Phi) is 4.56. The lowest BCUT2D eigenvalue weighted by Crippen LogP contribution is -2.27. The van der Waals surface area contributed by atoms with Crippen LogP contribution >= 0.6 is 27.3 Å². The molecular weight excluding hydrogens is 308 g/mol. The summed E-state index contributed by atoms with van der Waals surface area (Å²) in [5.41, 5.74) is 0.119. The largest absolute Gasteiger partial charge is 0.387 e. The minimum atomic E-state index is -0.296. The molecule has 0 saturated heterocycles. The first kappa shape index (κ1) is 14.5. The van der Waals surface area contributed by atoms with Crippen LogP contribution in [0, 0.1) is 18.3 Å². The zero-order chi connectivity index (χ0) is 13.3. The third kappa shape index (κ3) is 2.83. The summed E-state index contributed by atoms with van der Waals surface area (Å²) >= 11 is 5.34. The van der Waals surface area contributed by atoms with Crippen LogP contribution in [-0.2, 0) is 0 Å². The normalized spacial score (nSPS) is 20.6. The highest BCUT2D eigenvalue weighted by molar-refractivity contribution is 9.10. The molecule has 1 nitrogen and oxygen atoms in total. The molecule has 0 aliphatic heterocycles. The monoisotopic (exact) mass is 330 g/mol. The Labute approximate surface area is 123 Å². The molecule has 0 aromatic carbocycles. The number of thiophene rings is 1. The Bertz CT molecular complexity index is 405. The molecule has 1 aliphatic carbocycles. The first-order valence-corrected chi connectivity index (χ1v) is 8.49. The number of rotatable bonds is 4. The maximum atomic E-state index is 10.9. The van der Waals surface area contributed by atoms with E-state index in [0.717, 1.165) is 15.8 Å². The quantitative estimate of drug-likeness (QED) is 0.777. The molecule has 1 aromatic heterocycles. The van der Waals surface area contributed by atoms with Gasteiger partial charge in [0.1, 0.15) is 0 Å². The van der Waals surface area contributed by atoms with E-state index in [9.17, 15) is 5.11 Å². The van der Waals surface area contributed by atoms with Crippen molar-refractivity contribution in [3.63, 3.8) is 0 Å². The third-order valence-corrected chi connectivity index (χ3v) is 6.10. The van der Waals surface area contributed by atoms with Crippen molar-refractivity contribution in [3.8, 4) is 0 Å². The van der Waals surface area contributed by atoms with Gasteiger partial charge in [0.25, 0.3) is 0 Å². The Morgan fingerprint density at radius 2 is 2.00 bits per heavy atom. The second-order valence-corrected chi connectivity index (χ2v) is 8.28. The number of hydrogen-bond acceptors (Lipinski definition) is 2. The predicted molar refractivity (Wildman–Crippen MR) is 82.1 cm³/mol. The van der Waals surface area contributed by atoms with Gasteiger partial charge in [-0.05, 0) is 54.1 Å². The van der Waals surface area contributed by atoms with Crippen LogP contribution in [0.5, 0.6) is 0 Å². The fraction of sp³-hybridized carbons (Fsp3) is 0.733. The molecule has 1 saturated carbocycles. The summed E-state index contributed by atoms with van der Waals surface area (Å²) in [7, 11) is 0. The van der Waals surface area contributed by atoms with Crippen LogP contribution in [0.4, 0.5) is 0 Å². The van der Waals surface area contributed by atoms with E-state index in [1.807, 2.05) is 0 Å². The lowest BCUT2D eigenvalue weighted by molar-refractivity contribution is 0.0133. The fourth-order valence-corrected chi connectivity index (χ4v) is 5.44. The van der Waals surface area contributed by atoms with Crippen LogP contribution in [-0.4, -0.2) is 5.11 Å². The van der Waals surface area contributed by atoms with Gasteiger partial charge < -0.3 is 5.11 Å². The van der Waals surface area contributed by atoms with Crippen LogP contribution in [0.1, 0.15) is 61.8 Å². The maximum Gasteiger partial charge on any atom is 0.0949 e. The first-order chi connectivity index (χ1) is 8.44. The summed E-state index contributed by atoms with van der Waals surface area (Å²) in [4.78, 5) is 2.41. The van der Waals surface area contributed by atoms with Gasteiger partial charge in [0.15, 0.2) is 0 Å². The van der Waals surface area contributed by atoms with Crippen molar-refractivity contribution in [2.45, 2.75) is 59.0 Å². The summed E-state index contributed by atoms with van der Waals surface area (Å²) in [5.74, 6) is 0.651. The zero-order valence-corrected chi connectivity index (χ0v) is 13.9. The number of hydrogen-bond donors (Lipinski definition) is 1. The van der Waals surface area contributed by atoms with Gasteiger partial charge in [-0.1, -0.05) is 26.7 Å². The smallest absolute Gasteiger partial charge is 0.0949 e. The summed E-state index contributed by atoms with van der Waals surface area (Å²) in [6.07, 6.45) is 5.73. The minimum absolute atomic E-state index is 0.119. The van der Waals surface area contributed by atoms with Crippen LogP contribution < -0.4 is 0 Å². The second kappa shape index (κ2) is 5.64. The molecule has 0 bridgehead atoms. The van der Waals surface area contributed by atoms with E-state index in [2.05, 4.69) is 42.8 Å². The lowest BCUT2D eigenvalue weighted by Gasteiger charge is -2.35. The van der Waals surface area contributed by atoms with Gasteiger partial charge in [-0.15, -0.1) is 11.3 Å². The van der Waals surface area contributed by atoms with Crippen molar-refractivity contribution in [1.82, 2.24) is 0 Å². The Morgan fingerprint density at radius 3 is 2.44 bits per heavy atom. The Balaban J connectivity index is 2.28. The molecule has 1 atom stereocenters. The summed E-state index contributed by atoms with van der Waals surface area (Å²) in [5, 5.41) is 10.9. The molecular formula is C15H23BrOS. The van der Waals surface area contributed by atoms with Crippen molar-refractivity contribution in [2.24, 2.45) is 11.3 Å². The number of aryl methyl sites for hydroxylation is 1. The second-order valence-electron chi connectivity index (χ2n) is 6.14. The number of halogens is 1. The summed E-state index contributed by atoms with van der Waals surface area (Å²) in [6.45, 7) is 6.64. The molecule has 1 unspecified atom stereocenters. The van der Waals surface area contributed by atoms with E-state index in [1.165, 1.54) is 30.6 Å². The van der Waals surface area contributed by atoms with Gasteiger partial charge in [0.05, 0.1) is 6.10 Å². The highest BCUT2D eigenvalue weighted by Gasteiger charge is 2.42. The summed E-state index contributed by atoms with van der Waals surface area (Å²) in [6, 6.07) is 2.13. The standard InChI is InChI=1S/C15H23BrOS/c1-10(2)9-15(6-4-5-7-15)14(17)13-12(16)8-11(3)18-13/h8,10,14,17H,4-7,9H2,1-3H3. The SMILES string of the molecule is Cc1cc(Br)c(C(O)C2(CC(C)C)CCCC2)s1. The average molecular weight is 331 g/mol. The van der Waals surface area contributed by atoms with Crippen molar-refractivity contribution in [1.29, 1.82) is 0 Å². The Hall–Kier alpha value is 0.140. The van der Waals surface area contributed by atoms with Crippen LogP contribution in [0.3, 0.4) is 0 Å². The van der Waals surface area contributed by atoms with Crippen molar-refractivity contribution >= 4 is 27.3 Å². The Morgan fingerprint density at radius 1 is 1.39 bits per heavy atom. The highest BCUT2D eigenvalue weighted by atomic mass is 79.9. The van der Waals surface area contributed by atoms with Gasteiger partial charge in [0.2, 0.25) is 0 Å². The van der Waals surface area contributed by atoms with Gasteiger partial charge in [-0.25, -0.2) is 0 Å². The molecule has 1 aromatic rings. The molecule has 102 valence electrons. The fourth-order valence-electron chi connectivity index (χ4n) is 3.45. The van der Waals surface area contributed by atoms with Gasteiger partial charge in [-0.3, -0.25) is 0 Å². The molecule has 3 heteroatoms. The molecule has 1 aliphatic rings. The highest BCUT2D eigenvalue weighted by Crippen LogP contribution is 2.53. The average Bonchev–Trinajstić information content (AvgIpc) is 2.84. The van der Waals surface area contributed by atoms with Crippen LogP contribution in [0.15, 0.2) is 10.5 Å². The molecule has 0 radical (unpaired) electrons. The van der Waals surface area contributed by atoms with Crippen LogP contribution in [0.2, 0.25) is 0 Å². The lowest BCUT2D eigenvalue weighted by atomic mass is 9.73. The van der Waals surface area contributed by atoms with Crippen molar-refractivity contribution in [2.75, 3.05) is 0 Å². The van der Waals surface area contributed by atoms with Crippen molar-refractivity contribution in [3.05, 3.63) is 20.3 Å². The van der Waals surface area contributed by atoms with Gasteiger partial charge in [0, 0.05) is 19.6 Å². The van der Waals surface area contributed by atoms with E-state index in [0.29, 0.717) is 5.92 Å². The number of aliphatic hydroxyl groups is 1. The summed E-state index contributed by atoms with van der Waals surface area (Å²) < 4.78 is 1.09. The zero-order valence-electron chi connectivity index (χ0n) is 11.5. The molecule has 1 heterocycles. The molecule has 1 N–H and O–H groups in total. The molecule has 1 fully saturated rings. The van der Waals surface area contributed by atoms with Gasteiger partial charge in [-0.2, -0.15) is 0 Å².